The standard InChI is InChI=1S/2C8H12.Ba/c2*1-7(2)8-5-3-4-6-8;/h2*3-5,7H,6H2,1-2H3;. The van der Waals surface area contributed by atoms with Gasteiger partial charge in [0.1, 0.15) is 0 Å². The van der Waals surface area contributed by atoms with Crippen molar-refractivity contribution < 1.29 is 0 Å². The Labute approximate surface area is 147 Å². The number of hydrogen-bond acceptors (Lipinski definition) is 0. The van der Waals surface area contributed by atoms with Crippen molar-refractivity contribution in [3.63, 3.8) is 0 Å². The van der Waals surface area contributed by atoms with E-state index in [2.05, 4.69) is 64.2 Å². The molecule has 0 bridgehead atoms. The molecule has 0 amide bonds. The fraction of sp³-hybridized carbons (Fsp3) is 0.500. The molecule has 2 radical (unpaired) electrons. The van der Waals surface area contributed by atoms with E-state index in [1.807, 2.05) is 0 Å². The molecule has 0 fully saturated rings. The van der Waals surface area contributed by atoms with Crippen LogP contribution in [0.3, 0.4) is 0 Å². The van der Waals surface area contributed by atoms with Gasteiger partial charge in [-0.1, -0.05) is 75.3 Å². The van der Waals surface area contributed by atoms with E-state index in [9.17, 15) is 0 Å². The van der Waals surface area contributed by atoms with Gasteiger partial charge in [-0.3, -0.25) is 0 Å². The van der Waals surface area contributed by atoms with Crippen molar-refractivity contribution >= 4 is 48.9 Å². The third-order valence-electron chi connectivity index (χ3n) is 3.08. The van der Waals surface area contributed by atoms with E-state index in [0.717, 1.165) is 11.8 Å². The van der Waals surface area contributed by atoms with Crippen LogP contribution in [0.15, 0.2) is 47.6 Å². The molecule has 0 N–H and O–H groups in total. The van der Waals surface area contributed by atoms with Gasteiger partial charge in [-0.2, -0.15) is 0 Å². The van der Waals surface area contributed by atoms with E-state index < -0.39 is 0 Å². The maximum atomic E-state index is 2.23. The van der Waals surface area contributed by atoms with Crippen molar-refractivity contribution in [2.24, 2.45) is 11.8 Å². The van der Waals surface area contributed by atoms with E-state index in [1.54, 1.807) is 11.1 Å². The number of rotatable bonds is 2. The van der Waals surface area contributed by atoms with Crippen LogP contribution in [0.4, 0.5) is 0 Å². The Morgan fingerprint density at radius 2 is 1.12 bits per heavy atom. The first-order valence-electron chi connectivity index (χ1n) is 6.32. The van der Waals surface area contributed by atoms with Crippen LogP contribution in [0.25, 0.3) is 0 Å². The SMILES string of the molecule is CC(C)C1=CC=CC1.CC(C)C1=CC=CC1.[Ba]. The molecule has 0 nitrogen and oxygen atoms in total. The van der Waals surface area contributed by atoms with Crippen molar-refractivity contribution in [1.82, 2.24) is 0 Å². The predicted molar refractivity (Wildman–Crippen MR) is 79.1 cm³/mol. The van der Waals surface area contributed by atoms with Crippen LogP contribution in [0.5, 0.6) is 0 Å². The fourth-order valence-corrected chi connectivity index (χ4v) is 1.78. The Kier molecular flexibility index (Phi) is 9.76. The molecule has 90 valence electrons. The van der Waals surface area contributed by atoms with Crippen molar-refractivity contribution in [2.75, 3.05) is 0 Å². The molecular formula is C16H24Ba. The van der Waals surface area contributed by atoms with E-state index in [0.29, 0.717) is 0 Å². The van der Waals surface area contributed by atoms with Gasteiger partial charge < -0.3 is 0 Å². The summed E-state index contributed by atoms with van der Waals surface area (Å²) in [6.45, 7) is 8.94. The van der Waals surface area contributed by atoms with Gasteiger partial charge in [0.2, 0.25) is 0 Å². The molecular weight excluding hydrogens is 330 g/mol. The maximum Gasteiger partial charge on any atom is 0 e. The third-order valence-corrected chi connectivity index (χ3v) is 3.08. The normalized spacial score (nSPS) is 16.6. The average molecular weight is 354 g/mol. The minimum absolute atomic E-state index is 0. The summed E-state index contributed by atoms with van der Waals surface area (Å²) < 4.78 is 0. The molecule has 0 heterocycles. The van der Waals surface area contributed by atoms with Crippen molar-refractivity contribution in [3.05, 3.63) is 47.6 Å². The summed E-state index contributed by atoms with van der Waals surface area (Å²) in [5.74, 6) is 1.48. The molecule has 17 heavy (non-hydrogen) atoms. The average Bonchev–Trinajstić information content (AvgIpc) is 2.93. The summed E-state index contributed by atoms with van der Waals surface area (Å²) in [5, 5.41) is 0. The number of hydrogen-bond donors (Lipinski definition) is 0. The Morgan fingerprint density at radius 1 is 0.765 bits per heavy atom. The molecule has 0 spiro atoms. The fourth-order valence-electron chi connectivity index (χ4n) is 1.78. The second kappa shape index (κ2) is 9.46. The first-order valence-corrected chi connectivity index (χ1v) is 6.32. The first kappa shape index (κ1) is 17.5. The minimum atomic E-state index is 0. The smallest absolute Gasteiger partial charge is 0 e. The van der Waals surface area contributed by atoms with Crippen LogP contribution >= 0.6 is 0 Å². The zero-order valence-corrected chi connectivity index (χ0v) is 16.2. The number of allylic oxidation sites excluding steroid dienone is 8. The second-order valence-electron chi connectivity index (χ2n) is 5.06. The van der Waals surface area contributed by atoms with Gasteiger partial charge in [0.05, 0.1) is 0 Å². The zero-order chi connectivity index (χ0) is 12.0. The van der Waals surface area contributed by atoms with Crippen LogP contribution in [0.1, 0.15) is 40.5 Å². The summed E-state index contributed by atoms with van der Waals surface area (Å²) in [7, 11) is 0. The first-order chi connectivity index (χ1) is 7.61. The van der Waals surface area contributed by atoms with Gasteiger partial charge >= 0.3 is 0 Å². The summed E-state index contributed by atoms with van der Waals surface area (Å²) in [6, 6.07) is 0. The Morgan fingerprint density at radius 3 is 1.24 bits per heavy atom. The topological polar surface area (TPSA) is 0 Å². The monoisotopic (exact) mass is 354 g/mol. The summed E-state index contributed by atoms with van der Waals surface area (Å²) in [4.78, 5) is 0. The Hall–Kier alpha value is 0.531. The third kappa shape index (κ3) is 6.88. The summed E-state index contributed by atoms with van der Waals surface area (Å²) in [6.07, 6.45) is 15.5. The zero-order valence-electron chi connectivity index (χ0n) is 11.7. The van der Waals surface area contributed by atoms with Gasteiger partial charge in [-0.25, -0.2) is 0 Å². The molecule has 0 unspecified atom stereocenters. The van der Waals surface area contributed by atoms with Gasteiger partial charge in [-0.15, -0.1) is 0 Å². The molecule has 0 aromatic carbocycles. The van der Waals surface area contributed by atoms with E-state index >= 15 is 0 Å². The molecule has 2 rings (SSSR count). The Bertz CT molecular complexity index is 293. The van der Waals surface area contributed by atoms with Gasteiger partial charge in [0.25, 0.3) is 0 Å². The molecule has 0 atom stereocenters. The van der Waals surface area contributed by atoms with E-state index in [-0.39, 0.29) is 48.9 Å². The maximum absolute atomic E-state index is 2.23. The van der Waals surface area contributed by atoms with Crippen molar-refractivity contribution in [2.45, 2.75) is 40.5 Å². The van der Waals surface area contributed by atoms with Gasteiger partial charge in [0, 0.05) is 48.9 Å². The quantitative estimate of drug-likeness (QED) is 0.633. The molecule has 0 saturated heterocycles. The largest absolute Gasteiger partial charge is 0.0805 e. The summed E-state index contributed by atoms with van der Waals surface area (Å²) in [5.41, 5.74) is 3.12. The molecule has 2 aliphatic rings. The van der Waals surface area contributed by atoms with E-state index in [4.69, 9.17) is 0 Å². The molecule has 1 heteroatoms. The van der Waals surface area contributed by atoms with Crippen LogP contribution in [-0.4, -0.2) is 48.9 Å². The van der Waals surface area contributed by atoms with E-state index in [1.165, 1.54) is 12.8 Å². The van der Waals surface area contributed by atoms with Gasteiger partial charge in [0.15, 0.2) is 0 Å². The van der Waals surface area contributed by atoms with Crippen LogP contribution in [-0.2, 0) is 0 Å². The second-order valence-corrected chi connectivity index (χ2v) is 5.06. The Balaban J connectivity index is 0.000000284. The van der Waals surface area contributed by atoms with Crippen molar-refractivity contribution in [3.8, 4) is 0 Å². The van der Waals surface area contributed by atoms with Gasteiger partial charge in [-0.05, 0) is 24.7 Å². The van der Waals surface area contributed by atoms with Crippen molar-refractivity contribution in [1.29, 1.82) is 0 Å². The minimum Gasteiger partial charge on any atom is -0.0805 e. The molecule has 0 aromatic rings. The van der Waals surface area contributed by atoms with Crippen LogP contribution < -0.4 is 0 Å². The van der Waals surface area contributed by atoms with Crippen LogP contribution in [0, 0.1) is 11.8 Å². The molecule has 0 saturated carbocycles. The van der Waals surface area contributed by atoms with Crippen LogP contribution in [0.2, 0.25) is 0 Å². The molecule has 2 aliphatic carbocycles. The summed E-state index contributed by atoms with van der Waals surface area (Å²) >= 11 is 0. The predicted octanol–water partition coefficient (Wildman–Crippen LogP) is 4.68. The molecule has 0 aliphatic heterocycles. The molecule has 0 aromatic heterocycles.